The molecule has 0 aromatic carbocycles. The summed E-state index contributed by atoms with van der Waals surface area (Å²) < 4.78 is 2.32. The van der Waals surface area contributed by atoms with E-state index in [1.54, 1.807) is 5.57 Å². The van der Waals surface area contributed by atoms with E-state index < -0.39 is 0 Å². The molecule has 3 rings (SSSR count). The lowest BCUT2D eigenvalue weighted by Crippen LogP contribution is -2.45. The number of rotatable bonds is 3. The van der Waals surface area contributed by atoms with Crippen LogP contribution in [0.25, 0.3) is 0 Å². The Hall–Kier alpha value is -1.05. The van der Waals surface area contributed by atoms with Crippen LogP contribution in [0.1, 0.15) is 66.3 Å². The largest absolute Gasteiger partial charge is 0.334 e. The molecule has 2 nitrogen and oxygen atoms in total. The van der Waals surface area contributed by atoms with E-state index in [0.717, 1.165) is 23.7 Å². The Morgan fingerprint density at radius 3 is 2.59 bits per heavy atom. The molecule has 1 aromatic rings. The van der Waals surface area contributed by atoms with Crippen molar-refractivity contribution >= 4 is 0 Å². The van der Waals surface area contributed by atoms with E-state index >= 15 is 0 Å². The fourth-order valence-electron chi connectivity index (χ4n) is 5.47. The normalized spacial score (nSPS) is 35.6. The van der Waals surface area contributed by atoms with E-state index in [2.05, 4.69) is 56.4 Å². The van der Waals surface area contributed by atoms with Gasteiger partial charge in [-0.1, -0.05) is 46.3 Å². The Morgan fingerprint density at radius 1 is 1.23 bits per heavy atom. The second-order valence-corrected chi connectivity index (χ2v) is 8.47. The number of hydrogen-bond acceptors (Lipinski definition) is 1. The molecular formula is C20H32N2. The highest BCUT2D eigenvalue weighted by Gasteiger charge is 2.48. The number of fused-ring (bicyclic) bond motifs is 1. The third kappa shape index (κ3) is 2.55. The first-order chi connectivity index (χ1) is 10.4. The van der Waals surface area contributed by atoms with E-state index in [1.165, 1.54) is 25.7 Å². The predicted molar refractivity (Wildman–Crippen MR) is 92.6 cm³/mol. The summed E-state index contributed by atoms with van der Waals surface area (Å²) in [6, 6.07) is 0.616. The monoisotopic (exact) mass is 300 g/mol. The third-order valence-electron chi connectivity index (χ3n) is 6.54. The van der Waals surface area contributed by atoms with E-state index in [0.29, 0.717) is 11.5 Å². The van der Waals surface area contributed by atoms with Crippen molar-refractivity contribution in [3.8, 4) is 0 Å². The maximum Gasteiger partial charge on any atom is 0.0948 e. The molecule has 0 radical (unpaired) electrons. The lowest BCUT2D eigenvalue weighted by molar-refractivity contribution is 0.0365. The van der Waals surface area contributed by atoms with Gasteiger partial charge in [0.25, 0.3) is 0 Å². The van der Waals surface area contributed by atoms with Gasteiger partial charge in [-0.25, -0.2) is 4.98 Å². The van der Waals surface area contributed by atoms with Crippen molar-refractivity contribution in [2.75, 3.05) is 0 Å². The summed E-state index contributed by atoms with van der Waals surface area (Å²) in [5.41, 5.74) is 2.14. The van der Waals surface area contributed by atoms with Crippen molar-refractivity contribution in [3.63, 3.8) is 0 Å². The minimum atomic E-state index is 0.415. The Kier molecular flexibility index (Phi) is 4.22. The van der Waals surface area contributed by atoms with Crippen molar-refractivity contribution in [1.82, 2.24) is 9.55 Å². The summed E-state index contributed by atoms with van der Waals surface area (Å²) in [4.78, 5) is 4.24. The van der Waals surface area contributed by atoms with Gasteiger partial charge in [-0.05, 0) is 54.8 Å². The van der Waals surface area contributed by atoms with Crippen molar-refractivity contribution in [2.45, 2.75) is 66.3 Å². The van der Waals surface area contributed by atoms with Gasteiger partial charge in [-0.3, -0.25) is 0 Å². The smallest absolute Gasteiger partial charge is 0.0948 e. The second-order valence-electron chi connectivity index (χ2n) is 8.47. The molecule has 1 fully saturated rings. The number of allylic oxidation sites excluding steroid dienone is 2. The van der Waals surface area contributed by atoms with Gasteiger partial charge in [-0.2, -0.15) is 0 Å². The Morgan fingerprint density at radius 2 is 2.00 bits per heavy atom. The summed E-state index contributed by atoms with van der Waals surface area (Å²) in [7, 11) is 0. The van der Waals surface area contributed by atoms with E-state index in [9.17, 15) is 0 Å². The molecule has 2 unspecified atom stereocenters. The van der Waals surface area contributed by atoms with Crippen molar-refractivity contribution in [3.05, 3.63) is 30.4 Å². The molecular weight excluding hydrogens is 268 g/mol. The van der Waals surface area contributed by atoms with Crippen LogP contribution in [0.2, 0.25) is 0 Å². The standard InChI is InChI=1S/C20H32N2/c1-14(2)18-7-6-16-12-17(22-11-10-21-13-22)8-9-20(16,5)19(18)15(3)4/h6,10-11,13-15,17-19H,7-9,12H2,1-5H3/t17-,18?,19?,20+/m1/s1. The van der Waals surface area contributed by atoms with E-state index in [1.807, 2.05) is 12.5 Å². The van der Waals surface area contributed by atoms with Crippen LogP contribution in [0, 0.1) is 29.1 Å². The molecule has 2 heteroatoms. The average Bonchev–Trinajstić information content (AvgIpc) is 2.98. The lowest BCUT2D eigenvalue weighted by Gasteiger charge is -2.53. The Balaban J connectivity index is 1.89. The van der Waals surface area contributed by atoms with Crippen LogP contribution in [-0.4, -0.2) is 9.55 Å². The number of imidazole rings is 1. The fraction of sp³-hybridized carbons (Fsp3) is 0.750. The van der Waals surface area contributed by atoms with Crippen LogP contribution in [-0.2, 0) is 0 Å². The second kappa shape index (κ2) is 5.86. The number of hydrogen-bond donors (Lipinski definition) is 0. The van der Waals surface area contributed by atoms with Gasteiger partial charge in [0.15, 0.2) is 0 Å². The van der Waals surface area contributed by atoms with Crippen LogP contribution >= 0.6 is 0 Å². The van der Waals surface area contributed by atoms with Crippen LogP contribution in [0.3, 0.4) is 0 Å². The summed E-state index contributed by atoms with van der Waals surface area (Å²) in [6.07, 6.45) is 13.8. The van der Waals surface area contributed by atoms with Gasteiger partial charge in [0.2, 0.25) is 0 Å². The van der Waals surface area contributed by atoms with Gasteiger partial charge in [0.1, 0.15) is 0 Å². The van der Waals surface area contributed by atoms with Gasteiger partial charge in [0, 0.05) is 18.4 Å². The molecule has 22 heavy (non-hydrogen) atoms. The summed E-state index contributed by atoms with van der Waals surface area (Å²) >= 11 is 0. The quantitative estimate of drug-likeness (QED) is 0.675. The van der Waals surface area contributed by atoms with Gasteiger partial charge in [-0.15, -0.1) is 0 Å². The molecule has 1 heterocycles. The van der Waals surface area contributed by atoms with Crippen LogP contribution in [0.5, 0.6) is 0 Å². The summed E-state index contributed by atoms with van der Waals surface area (Å²) in [5.74, 6) is 3.23. The highest BCUT2D eigenvalue weighted by atomic mass is 15.1. The molecule has 0 spiro atoms. The zero-order chi connectivity index (χ0) is 15.9. The van der Waals surface area contributed by atoms with Crippen molar-refractivity contribution in [2.24, 2.45) is 29.1 Å². The Labute approximate surface area is 136 Å². The minimum Gasteiger partial charge on any atom is -0.334 e. The number of nitrogens with zero attached hydrogens (tertiary/aromatic N) is 2. The number of aromatic nitrogens is 2. The molecule has 0 amide bonds. The highest BCUT2D eigenvalue weighted by Crippen LogP contribution is 2.57. The average molecular weight is 300 g/mol. The van der Waals surface area contributed by atoms with Crippen LogP contribution in [0.4, 0.5) is 0 Å². The summed E-state index contributed by atoms with van der Waals surface area (Å²) in [6.45, 7) is 12.3. The molecule has 2 aliphatic rings. The molecule has 2 aliphatic carbocycles. The van der Waals surface area contributed by atoms with E-state index in [-0.39, 0.29) is 0 Å². The molecule has 4 atom stereocenters. The highest BCUT2D eigenvalue weighted by molar-refractivity contribution is 5.24. The van der Waals surface area contributed by atoms with Crippen LogP contribution in [0.15, 0.2) is 30.4 Å². The van der Waals surface area contributed by atoms with Gasteiger partial charge < -0.3 is 4.57 Å². The predicted octanol–water partition coefficient (Wildman–Crippen LogP) is 5.49. The zero-order valence-electron chi connectivity index (χ0n) is 14.9. The SMILES string of the molecule is CC(C)C1CC=C2C[C@H](n3ccnc3)CC[C@]2(C)C1C(C)C. The molecule has 1 saturated carbocycles. The molecule has 122 valence electrons. The van der Waals surface area contributed by atoms with Crippen LogP contribution < -0.4 is 0 Å². The maximum atomic E-state index is 4.24. The first-order valence-electron chi connectivity index (χ1n) is 9.10. The lowest BCUT2D eigenvalue weighted by atomic mass is 9.52. The molecule has 0 saturated heterocycles. The molecule has 1 aromatic heterocycles. The first kappa shape index (κ1) is 15.8. The summed E-state index contributed by atoms with van der Waals surface area (Å²) in [5, 5.41) is 0. The van der Waals surface area contributed by atoms with Crippen molar-refractivity contribution < 1.29 is 0 Å². The van der Waals surface area contributed by atoms with E-state index in [4.69, 9.17) is 0 Å². The molecule has 0 aliphatic heterocycles. The maximum absolute atomic E-state index is 4.24. The Bertz CT molecular complexity index is 526. The van der Waals surface area contributed by atoms with Crippen molar-refractivity contribution in [1.29, 1.82) is 0 Å². The van der Waals surface area contributed by atoms with Gasteiger partial charge in [0.05, 0.1) is 6.33 Å². The molecule has 0 N–H and O–H groups in total. The molecule has 0 bridgehead atoms. The topological polar surface area (TPSA) is 17.8 Å². The fourth-order valence-corrected chi connectivity index (χ4v) is 5.47. The van der Waals surface area contributed by atoms with Gasteiger partial charge >= 0.3 is 0 Å². The first-order valence-corrected chi connectivity index (χ1v) is 9.10. The zero-order valence-corrected chi connectivity index (χ0v) is 14.9. The third-order valence-corrected chi connectivity index (χ3v) is 6.54. The minimum absolute atomic E-state index is 0.415.